The van der Waals surface area contributed by atoms with Crippen LogP contribution in [0.1, 0.15) is 17.0 Å². The van der Waals surface area contributed by atoms with Gasteiger partial charge in [0, 0.05) is 22.8 Å². The maximum absolute atomic E-state index is 13.9. The molecule has 0 aliphatic carbocycles. The topological polar surface area (TPSA) is 43.1 Å². The van der Waals surface area contributed by atoms with Crippen molar-refractivity contribution in [2.45, 2.75) is 11.6 Å². The lowest BCUT2D eigenvalue weighted by Gasteiger charge is -2.15. The maximum Gasteiger partial charge on any atom is 0.212 e. The van der Waals surface area contributed by atoms with Crippen LogP contribution in [-0.4, -0.2) is 26.3 Å². The molecule has 8 heteroatoms. The van der Waals surface area contributed by atoms with Gasteiger partial charge in [-0.1, -0.05) is 59.2 Å². The Morgan fingerprint density at radius 3 is 2.76 bits per heavy atom. The standard InChI is InChI=1S/C17H11Cl2FN4S/c18-11-5-6-12(13(19)8-11)15-9-25-17-22-21-16(24(17)23-15)7-10-3-1-2-4-14(10)20/h1-6,8H,7,9H2. The Balaban J connectivity index is 1.72. The molecule has 1 aromatic heterocycles. The predicted molar refractivity (Wildman–Crippen MR) is 98.3 cm³/mol. The summed E-state index contributed by atoms with van der Waals surface area (Å²) < 4.78 is 15.6. The molecular weight excluding hydrogens is 382 g/mol. The van der Waals surface area contributed by atoms with Crippen molar-refractivity contribution in [3.63, 3.8) is 0 Å². The third-order valence-corrected chi connectivity index (χ3v) is 5.26. The molecule has 0 saturated heterocycles. The second-order valence-corrected chi connectivity index (χ2v) is 7.22. The van der Waals surface area contributed by atoms with Crippen LogP contribution in [0.2, 0.25) is 10.0 Å². The Morgan fingerprint density at radius 2 is 1.96 bits per heavy atom. The van der Waals surface area contributed by atoms with Gasteiger partial charge >= 0.3 is 0 Å². The van der Waals surface area contributed by atoms with Crippen molar-refractivity contribution in [1.29, 1.82) is 0 Å². The minimum atomic E-state index is -0.270. The molecule has 0 saturated carbocycles. The largest absolute Gasteiger partial charge is 0.212 e. The van der Waals surface area contributed by atoms with Crippen LogP contribution < -0.4 is 0 Å². The lowest BCUT2D eigenvalue weighted by atomic mass is 10.1. The van der Waals surface area contributed by atoms with Crippen molar-refractivity contribution in [2.75, 3.05) is 5.75 Å². The fourth-order valence-corrected chi connectivity index (χ4v) is 3.91. The van der Waals surface area contributed by atoms with Gasteiger partial charge in [-0.3, -0.25) is 0 Å². The zero-order valence-electron chi connectivity index (χ0n) is 12.8. The number of hydrogen-bond donors (Lipinski definition) is 0. The summed E-state index contributed by atoms with van der Waals surface area (Å²) >= 11 is 13.8. The Bertz CT molecular complexity index is 987. The highest BCUT2D eigenvalue weighted by Gasteiger charge is 2.21. The van der Waals surface area contributed by atoms with Gasteiger partial charge in [-0.2, -0.15) is 9.78 Å². The van der Waals surface area contributed by atoms with E-state index in [0.717, 1.165) is 11.3 Å². The smallest absolute Gasteiger partial charge is 0.207 e. The van der Waals surface area contributed by atoms with E-state index >= 15 is 0 Å². The first-order valence-corrected chi connectivity index (χ1v) is 9.20. The fraction of sp³-hybridized carbons (Fsp3) is 0.118. The van der Waals surface area contributed by atoms with Crippen LogP contribution in [0.3, 0.4) is 0 Å². The SMILES string of the molecule is Fc1ccccc1Cc1nnc2n1N=C(c1ccc(Cl)cc1Cl)CS2. The van der Waals surface area contributed by atoms with Gasteiger partial charge in [-0.15, -0.1) is 10.2 Å². The number of nitrogens with zero attached hydrogens (tertiary/aromatic N) is 4. The van der Waals surface area contributed by atoms with Crippen LogP contribution >= 0.6 is 35.0 Å². The molecule has 0 amide bonds. The van der Waals surface area contributed by atoms with E-state index in [-0.39, 0.29) is 5.82 Å². The van der Waals surface area contributed by atoms with Gasteiger partial charge in [0.15, 0.2) is 5.82 Å². The lowest BCUT2D eigenvalue weighted by molar-refractivity contribution is 0.608. The van der Waals surface area contributed by atoms with E-state index in [1.54, 1.807) is 35.0 Å². The van der Waals surface area contributed by atoms with Crippen LogP contribution in [0.15, 0.2) is 52.7 Å². The molecule has 0 N–H and O–H groups in total. The first-order chi connectivity index (χ1) is 12.1. The quantitative estimate of drug-likeness (QED) is 0.650. The van der Waals surface area contributed by atoms with E-state index in [4.69, 9.17) is 23.2 Å². The Labute approximate surface area is 157 Å². The summed E-state index contributed by atoms with van der Waals surface area (Å²) in [6.45, 7) is 0. The molecule has 0 fully saturated rings. The van der Waals surface area contributed by atoms with Gasteiger partial charge < -0.3 is 0 Å². The summed E-state index contributed by atoms with van der Waals surface area (Å²) in [4.78, 5) is 0. The van der Waals surface area contributed by atoms with E-state index < -0.39 is 0 Å². The van der Waals surface area contributed by atoms with Crippen LogP contribution in [0.25, 0.3) is 0 Å². The van der Waals surface area contributed by atoms with Gasteiger partial charge in [-0.05, 0) is 23.8 Å². The Morgan fingerprint density at radius 1 is 1.12 bits per heavy atom. The average molecular weight is 393 g/mol. The monoisotopic (exact) mass is 392 g/mol. The molecule has 1 aliphatic rings. The summed E-state index contributed by atoms with van der Waals surface area (Å²) in [7, 11) is 0. The van der Waals surface area contributed by atoms with Gasteiger partial charge in [0.2, 0.25) is 5.16 Å². The Hall–Kier alpha value is -1.89. The van der Waals surface area contributed by atoms with E-state index in [9.17, 15) is 4.39 Å². The molecule has 0 radical (unpaired) electrons. The maximum atomic E-state index is 13.9. The summed E-state index contributed by atoms with van der Waals surface area (Å²) in [5, 5.41) is 14.7. The molecule has 0 unspecified atom stereocenters. The number of benzene rings is 2. The molecule has 126 valence electrons. The normalized spacial score (nSPS) is 13.5. The number of fused-ring (bicyclic) bond motifs is 1. The zero-order valence-corrected chi connectivity index (χ0v) is 15.1. The minimum absolute atomic E-state index is 0.270. The van der Waals surface area contributed by atoms with E-state index in [1.807, 2.05) is 6.07 Å². The summed E-state index contributed by atoms with van der Waals surface area (Å²) in [6, 6.07) is 11.9. The van der Waals surface area contributed by atoms with Gasteiger partial charge in [-0.25, -0.2) is 4.39 Å². The summed E-state index contributed by atoms with van der Waals surface area (Å²) in [5.74, 6) is 0.933. The highest BCUT2D eigenvalue weighted by molar-refractivity contribution is 7.99. The van der Waals surface area contributed by atoms with Crippen LogP contribution in [-0.2, 0) is 6.42 Å². The van der Waals surface area contributed by atoms with Crippen molar-refractivity contribution < 1.29 is 4.39 Å². The van der Waals surface area contributed by atoms with Crippen LogP contribution in [0.5, 0.6) is 0 Å². The Kier molecular flexibility index (Phi) is 4.50. The predicted octanol–water partition coefficient (Wildman–Crippen LogP) is 4.67. The van der Waals surface area contributed by atoms with Crippen molar-refractivity contribution in [1.82, 2.24) is 14.9 Å². The van der Waals surface area contributed by atoms with Gasteiger partial charge in [0.25, 0.3) is 0 Å². The molecule has 0 atom stereocenters. The molecule has 0 bridgehead atoms. The molecule has 4 rings (SSSR count). The molecule has 4 nitrogen and oxygen atoms in total. The molecule has 3 aromatic rings. The first-order valence-electron chi connectivity index (χ1n) is 7.45. The van der Waals surface area contributed by atoms with Crippen molar-refractivity contribution in [3.8, 4) is 0 Å². The van der Waals surface area contributed by atoms with Crippen molar-refractivity contribution >= 4 is 40.7 Å². The fourth-order valence-electron chi connectivity index (χ4n) is 2.55. The second-order valence-electron chi connectivity index (χ2n) is 5.44. The van der Waals surface area contributed by atoms with E-state index in [0.29, 0.717) is 38.8 Å². The average Bonchev–Trinajstić information content (AvgIpc) is 2.99. The highest BCUT2D eigenvalue weighted by Crippen LogP contribution is 2.29. The van der Waals surface area contributed by atoms with Crippen LogP contribution in [0.4, 0.5) is 4.39 Å². The lowest BCUT2D eigenvalue weighted by Crippen LogP contribution is -2.15. The van der Waals surface area contributed by atoms with Gasteiger partial charge in [0.1, 0.15) is 5.82 Å². The number of halogens is 3. The number of thioether (sulfide) groups is 1. The van der Waals surface area contributed by atoms with Crippen molar-refractivity contribution in [2.24, 2.45) is 5.10 Å². The summed E-state index contributed by atoms with van der Waals surface area (Å²) in [5.41, 5.74) is 2.16. The number of rotatable bonds is 3. The third-order valence-electron chi connectivity index (χ3n) is 3.78. The molecule has 0 spiro atoms. The highest BCUT2D eigenvalue weighted by atomic mass is 35.5. The second kappa shape index (κ2) is 6.78. The molecular formula is C17H11Cl2FN4S. The van der Waals surface area contributed by atoms with Gasteiger partial charge in [0.05, 0.1) is 10.7 Å². The number of hydrogen-bond acceptors (Lipinski definition) is 4. The minimum Gasteiger partial charge on any atom is -0.207 e. The van der Waals surface area contributed by atoms with E-state index in [2.05, 4.69) is 15.3 Å². The zero-order chi connectivity index (χ0) is 17.4. The molecule has 25 heavy (non-hydrogen) atoms. The first kappa shape index (κ1) is 16.6. The van der Waals surface area contributed by atoms with Crippen molar-refractivity contribution in [3.05, 3.63) is 75.3 Å². The molecule has 2 aromatic carbocycles. The van der Waals surface area contributed by atoms with E-state index in [1.165, 1.54) is 17.8 Å². The molecule has 1 aliphatic heterocycles. The number of aromatic nitrogens is 3. The summed E-state index contributed by atoms with van der Waals surface area (Å²) in [6.07, 6.45) is 0.311. The third kappa shape index (κ3) is 3.29. The molecule has 2 heterocycles. The van der Waals surface area contributed by atoms with Crippen LogP contribution in [0, 0.1) is 5.82 Å².